The van der Waals surface area contributed by atoms with Gasteiger partial charge in [0.05, 0.1) is 0 Å². The summed E-state index contributed by atoms with van der Waals surface area (Å²) in [6.07, 6.45) is 0. The maximum atomic E-state index is 7.12. The molecule has 274 valence electrons. The van der Waals surface area contributed by atoms with Gasteiger partial charge in [-0.25, -0.2) is 0 Å². The number of benzene rings is 8. The minimum absolute atomic E-state index is 0.121. The summed E-state index contributed by atoms with van der Waals surface area (Å²) in [6.45, 7) is 14.2. The van der Waals surface area contributed by atoms with Crippen molar-refractivity contribution in [3.05, 3.63) is 185 Å². The van der Waals surface area contributed by atoms with Gasteiger partial charge < -0.3 is 9.32 Å². The van der Waals surface area contributed by atoms with Gasteiger partial charge in [-0.15, -0.1) is 0 Å². The molecule has 0 spiro atoms. The molecular formula is C55H43NO. The van der Waals surface area contributed by atoms with Crippen LogP contribution >= 0.6 is 0 Å². The third-order valence-electron chi connectivity index (χ3n) is 14.0. The third-order valence-corrected chi connectivity index (χ3v) is 14.0. The smallest absolute Gasteiger partial charge is 0.143 e. The number of nitrogens with zero attached hydrogens (tertiary/aromatic N) is 1. The molecule has 9 aromatic rings. The highest BCUT2D eigenvalue weighted by Gasteiger charge is 2.41. The molecule has 3 aliphatic rings. The standard InChI is InChI=1S/C55H43NO/c1-53(2)43-20-12-9-15-35(43)37-26-23-32(29-46(37)53)56(33-24-27-38-36-16-10-13-21-44(36)54(3,4)47(38)30-33)34-25-28-42-48(31-34)57-52-40-18-8-7-17-39(40)49-41-19-11-14-22-45(41)55(5,6)51(49)50(42)52/h7-31H,1-6H3. The Morgan fingerprint density at radius 1 is 0.386 bits per heavy atom. The van der Waals surface area contributed by atoms with Gasteiger partial charge in [-0.1, -0.05) is 151 Å². The van der Waals surface area contributed by atoms with Crippen LogP contribution in [-0.2, 0) is 16.2 Å². The molecule has 0 aliphatic heterocycles. The highest BCUT2D eigenvalue weighted by atomic mass is 16.3. The highest BCUT2D eigenvalue weighted by molar-refractivity contribution is 6.23. The fourth-order valence-electron chi connectivity index (χ4n) is 11.2. The topological polar surface area (TPSA) is 16.4 Å². The number of anilines is 3. The number of hydrogen-bond acceptors (Lipinski definition) is 2. The van der Waals surface area contributed by atoms with Crippen molar-refractivity contribution in [3.8, 4) is 33.4 Å². The van der Waals surface area contributed by atoms with E-state index in [9.17, 15) is 0 Å². The normalized spacial score (nSPS) is 16.0. The van der Waals surface area contributed by atoms with Crippen molar-refractivity contribution >= 4 is 49.8 Å². The summed E-state index contributed by atoms with van der Waals surface area (Å²) in [5.41, 5.74) is 21.0. The molecule has 0 saturated carbocycles. The average Bonchev–Trinajstić information content (AvgIpc) is 3.87. The Hall–Kier alpha value is -6.38. The molecule has 12 rings (SSSR count). The van der Waals surface area contributed by atoms with E-state index in [1.54, 1.807) is 0 Å². The maximum absolute atomic E-state index is 7.12. The summed E-state index contributed by atoms with van der Waals surface area (Å²) in [5, 5.41) is 4.80. The Morgan fingerprint density at radius 2 is 0.842 bits per heavy atom. The van der Waals surface area contributed by atoms with Crippen LogP contribution in [0.4, 0.5) is 17.1 Å². The van der Waals surface area contributed by atoms with Crippen molar-refractivity contribution in [2.45, 2.75) is 57.8 Å². The first-order chi connectivity index (χ1) is 27.5. The second-order valence-corrected chi connectivity index (χ2v) is 18.1. The molecule has 57 heavy (non-hydrogen) atoms. The minimum atomic E-state index is -0.181. The number of rotatable bonds is 3. The van der Waals surface area contributed by atoms with Crippen molar-refractivity contribution in [2.24, 2.45) is 0 Å². The lowest BCUT2D eigenvalue weighted by molar-refractivity contribution is 0.659. The van der Waals surface area contributed by atoms with Crippen molar-refractivity contribution in [3.63, 3.8) is 0 Å². The summed E-state index contributed by atoms with van der Waals surface area (Å²) in [6, 6.07) is 56.7. The van der Waals surface area contributed by atoms with Crippen molar-refractivity contribution in [1.29, 1.82) is 0 Å². The Balaban J connectivity index is 1.11. The number of fused-ring (bicyclic) bond motifs is 16. The summed E-state index contributed by atoms with van der Waals surface area (Å²) < 4.78 is 7.12. The molecule has 0 N–H and O–H groups in total. The van der Waals surface area contributed by atoms with E-state index in [-0.39, 0.29) is 16.2 Å². The zero-order valence-corrected chi connectivity index (χ0v) is 33.3. The van der Waals surface area contributed by atoms with Gasteiger partial charge in [0.15, 0.2) is 0 Å². The monoisotopic (exact) mass is 733 g/mol. The van der Waals surface area contributed by atoms with Crippen molar-refractivity contribution in [1.82, 2.24) is 0 Å². The number of furan rings is 1. The zero-order valence-electron chi connectivity index (χ0n) is 33.3. The summed E-state index contributed by atoms with van der Waals surface area (Å²) in [4.78, 5) is 2.45. The van der Waals surface area contributed by atoms with Crippen LogP contribution in [0.25, 0.3) is 66.1 Å². The fraction of sp³-hybridized carbons (Fsp3) is 0.164. The largest absolute Gasteiger partial charge is 0.455 e. The molecule has 3 aliphatic carbocycles. The van der Waals surface area contributed by atoms with Crippen LogP contribution in [0.2, 0.25) is 0 Å². The second-order valence-electron chi connectivity index (χ2n) is 18.1. The molecular weight excluding hydrogens is 691 g/mol. The van der Waals surface area contributed by atoms with Gasteiger partial charge in [-0.05, 0) is 109 Å². The van der Waals surface area contributed by atoms with Crippen LogP contribution in [0.1, 0.15) is 74.9 Å². The van der Waals surface area contributed by atoms with E-state index >= 15 is 0 Å². The van der Waals surface area contributed by atoms with Crippen LogP contribution in [-0.4, -0.2) is 0 Å². The molecule has 0 bridgehead atoms. The van der Waals surface area contributed by atoms with Gasteiger partial charge in [-0.3, -0.25) is 0 Å². The van der Waals surface area contributed by atoms with Crippen LogP contribution in [0.5, 0.6) is 0 Å². The molecule has 1 aromatic heterocycles. The lowest BCUT2D eigenvalue weighted by Crippen LogP contribution is -2.18. The predicted molar refractivity (Wildman–Crippen MR) is 239 cm³/mol. The van der Waals surface area contributed by atoms with Crippen LogP contribution < -0.4 is 4.90 Å². The third kappa shape index (κ3) is 4.15. The first-order valence-electron chi connectivity index (χ1n) is 20.4. The average molecular weight is 734 g/mol. The van der Waals surface area contributed by atoms with E-state index in [1.165, 1.54) is 77.5 Å². The van der Waals surface area contributed by atoms with Gasteiger partial charge in [0.1, 0.15) is 11.2 Å². The van der Waals surface area contributed by atoms with E-state index in [4.69, 9.17) is 4.42 Å². The van der Waals surface area contributed by atoms with Gasteiger partial charge in [0, 0.05) is 55.5 Å². The Kier molecular flexibility index (Phi) is 6.29. The highest BCUT2D eigenvalue weighted by Crippen LogP contribution is 2.57. The second kappa shape index (κ2) is 10.9. The summed E-state index contributed by atoms with van der Waals surface area (Å²) in [7, 11) is 0. The SMILES string of the molecule is CC1(C)c2ccccc2-c2ccc(N(c3ccc4c(c3)C(C)(C)c3ccccc3-4)c3ccc4c(c3)oc3c5ccccc5c5c(c43)C(C)(C)c3ccccc3-5)cc21. The van der Waals surface area contributed by atoms with Crippen LogP contribution in [0.15, 0.2) is 156 Å². The zero-order chi connectivity index (χ0) is 38.6. The van der Waals surface area contributed by atoms with Gasteiger partial charge in [0.25, 0.3) is 0 Å². The van der Waals surface area contributed by atoms with Gasteiger partial charge in [0.2, 0.25) is 0 Å². The maximum Gasteiger partial charge on any atom is 0.143 e. The molecule has 8 aromatic carbocycles. The van der Waals surface area contributed by atoms with E-state index in [0.717, 1.165) is 39.0 Å². The molecule has 0 fully saturated rings. The van der Waals surface area contributed by atoms with E-state index in [2.05, 4.69) is 198 Å². The molecule has 2 nitrogen and oxygen atoms in total. The van der Waals surface area contributed by atoms with Gasteiger partial charge in [-0.2, -0.15) is 0 Å². The first-order valence-corrected chi connectivity index (χ1v) is 20.4. The molecule has 0 atom stereocenters. The Bertz CT molecular complexity index is 3120. The summed E-state index contributed by atoms with van der Waals surface area (Å²) >= 11 is 0. The molecule has 0 unspecified atom stereocenters. The van der Waals surface area contributed by atoms with Crippen LogP contribution in [0, 0.1) is 0 Å². The van der Waals surface area contributed by atoms with Crippen molar-refractivity contribution < 1.29 is 4.42 Å². The molecule has 2 heteroatoms. The fourth-order valence-corrected chi connectivity index (χ4v) is 11.2. The molecule has 0 amide bonds. The lowest BCUT2D eigenvalue weighted by Gasteiger charge is -2.29. The molecule has 0 radical (unpaired) electrons. The first kappa shape index (κ1) is 32.8. The van der Waals surface area contributed by atoms with E-state index < -0.39 is 0 Å². The summed E-state index contributed by atoms with van der Waals surface area (Å²) in [5.74, 6) is 0. The van der Waals surface area contributed by atoms with E-state index in [0.29, 0.717) is 0 Å². The Labute approximate surface area is 334 Å². The van der Waals surface area contributed by atoms with Crippen LogP contribution in [0.3, 0.4) is 0 Å². The molecule has 1 heterocycles. The molecule has 0 saturated heterocycles. The lowest BCUT2D eigenvalue weighted by atomic mass is 9.79. The predicted octanol–water partition coefficient (Wildman–Crippen LogP) is 15.1. The van der Waals surface area contributed by atoms with Gasteiger partial charge >= 0.3 is 0 Å². The van der Waals surface area contributed by atoms with E-state index in [1.807, 2.05) is 0 Å². The quantitative estimate of drug-likeness (QED) is 0.180. The number of hydrogen-bond donors (Lipinski definition) is 0. The Morgan fingerprint density at radius 3 is 1.44 bits per heavy atom. The minimum Gasteiger partial charge on any atom is -0.455 e. The van der Waals surface area contributed by atoms with Crippen molar-refractivity contribution in [2.75, 3.05) is 4.90 Å².